The molecule has 1 aliphatic heterocycles. The van der Waals surface area contributed by atoms with E-state index in [-0.39, 0.29) is 23.3 Å². The van der Waals surface area contributed by atoms with Crippen molar-refractivity contribution >= 4 is 17.5 Å². The first-order valence-electron chi connectivity index (χ1n) is 8.99. The van der Waals surface area contributed by atoms with Crippen molar-refractivity contribution in [3.8, 4) is 5.75 Å². The van der Waals surface area contributed by atoms with E-state index in [4.69, 9.17) is 26.8 Å². The highest BCUT2D eigenvalue weighted by Gasteiger charge is 2.38. The Bertz CT molecular complexity index is 617. The number of nitrogens with one attached hydrogen (secondary N) is 1. The van der Waals surface area contributed by atoms with Gasteiger partial charge in [-0.1, -0.05) is 11.6 Å². The van der Waals surface area contributed by atoms with Gasteiger partial charge in [-0.05, 0) is 50.3 Å². The summed E-state index contributed by atoms with van der Waals surface area (Å²) in [5, 5.41) is 3.85. The number of rotatable bonds is 5. The van der Waals surface area contributed by atoms with Gasteiger partial charge in [-0.3, -0.25) is 4.79 Å². The van der Waals surface area contributed by atoms with Crippen molar-refractivity contribution in [1.82, 2.24) is 5.32 Å². The molecule has 3 N–H and O–H groups in total. The zero-order valence-electron chi connectivity index (χ0n) is 14.7. The van der Waals surface area contributed by atoms with Crippen LogP contribution in [0.5, 0.6) is 5.75 Å². The van der Waals surface area contributed by atoms with Crippen LogP contribution in [0.15, 0.2) is 18.2 Å². The van der Waals surface area contributed by atoms with E-state index in [2.05, 4.69) is 5.32 Å². The summed E-state index contributed by atoms with van der Waals surface area (Å²) in [7, 11) is 1.66. The van der Waals surface area contributed by atoms with Crippen LogP contribution in [0.25, 0.3) is 0 Å². The lowest BCUT2D eigenvalue weighted by molar-refractivity contribution is -0.125. The van der Waals surface area contributed by atoms with Gasteiger partial charge in [0.15, 0.2) is 0 Å². The predicted molar refractivity (Wildman–Crippen MR) is 98.1 cm³/mol. The average Bonchev–Trinajstić information content (AvgIpc) is 3.07. The Kier molecular flexibility index (Phi) is 5.87. The minimum Gasteiger partial charge on any atom is -0.496 e. The van der Waals surface area contributed by atoms with Crippen LogP contribution in [0.4, 0.5) is 0 Å². The van der Waals surface area contributed by atoms with Crippen LogP contribution in [0, 0.1) is 5.92 Å². The number of halogens is 1. The second-order valence-electron chi connectivity index (χ2n) is 7.23. The van der Waals surface area contributed by atoms with Crippen LogP contribution in [-0.2, 0) is 14.9 Å². The van der Waals surface area contributed by atoms with Crippen LogP contribution in [0.1, 0.15) is 37.7 Å². The maximum Gasteiger partial charge on any atom is 0.223 e. The van der Waals surface area contributed by atoms with Crippen LogP contribution in [0.3, 0.4) is 0 Å². The highest BCUT2D eigenvalue weighted by atomic mass is 35.5. The molecule has 0 unspecified atom stereocenters. The smallest absolute Gasteiger partial charge is 0.223 e. The molecule has 1 aromatic rings. The number of carbonyl (C=O) groups is 1. The molecule has 1 saturated carbocycles. The second kappa shape index (κ2) is 7.94. The van der Waals surface area contributed by atoms with Crippen molar-refractivity contribution in [3.05, 3.63) is 28.8 Å². The summed E-state index contributed by atoms with van der Waals surface area (Å²) >= 11 is 6.25. The largest absolute Gasteiger partial charge is 0.496 e. The number of hydrogen-bond donors (Lipinski definition) is 2. The van der Waals surface area contributed by atoms with Crippen molar-refractivity contribution < 1.29 is 14.3 Å². The molecule has 1 aliphatic carbocycles. The highest BCUT2D eigenvalue weighted by Crippen LogP contribution is 2.41. The van der Waals surface area contributed by atoms with Crippen LogP contribution >= 0.6 is 11.6 Å². The molecule has 25 heavy (non-hydrogen) atoms. The van der Waals surface area contributed by atoms with E-state index < -0.39 is 0 Å². The van der Waals surface area contributed by atoms with Crippen molar-refractivity contribution in [2.45, 2.75) is 43.6 Å². The summed E-state index contributed by atoms with van der Waals surface area (Å²) in [5.41, 5.74) is 6.78. The monoisotopic (exact) mass is 366 g/mol. The molecule has 1 aromatic carbocycles. The van der Waals surface area contributed by atoms with Gasteiger partial charge < -0.3 is 20.5 Å². The number of methoxy groups -OCH3 is 1. The van der Waals surface area contributed by atoms with Gasteiger partial charge in [-0.2, -0.15) is 0 Å². The van der Waals surface area contributed by atoms with Crippen molar-refractivity contribution in [3.63, 3.8) is 0 Å². The van der Waals surface area contributed by atoms with Crippen molar-refractivity contribution in [2.75, 3.05) is 26.9 Å². The third-order valence-electron chi connectivity index (χ3n) is 5.63. The second-order valence-corrected chi connectivity index (χ2v) is 7.66. The number of amides is 1. The first-order valence-corrected chi connectivity index (χ1v) is 9.37. The third-order valence-corrected chi connectivity index (χ3v) is 5.86. The number of ether oxygens (including phenoxy) is 2. The van der Waals surface area contributed by atoms with Gasteiger partial charge in [0.25, 0.3) is 0 Å². The molecule has 0 bridgehead atoms. The number of carbonyl (C=O) groups excluding carboxylic acids is 1. The van der Waals surface area contributed by atoms with E-state index in [0.29, 0.717) is 24.8 Å². The summed E-state index contributed by atoms with van der Waals surface area (Å²) in [6.45, 7) is 1.90. The molecule has 0 spiro atoms. The van der Waals surface area contributed by atoms with Crippen molar-refractivity contribution in [2.24, 2.45) is 11.7 Å². The average molecular weight is 367 g/mol. The molecule has 1 saturated heterocycles. The normalized spacial score (nSPS) is 25.6. The quantitative estimate of drug-likeness (QED) is 0.840. The Balaban J connectivity index is 1.79. The fraction of sp³-hybridized carbons (Fsp3) is 0.632. The van der Waals surface area contributed by atoms with E-state index >= 15 is 0 Å². The van der Waals surface area contributed by atoms with Gasteiger partial charge >= 0.3 is 0 Å². The summed E-state index contributed by atoms with van der Waals surface area (Å²) in [4.78, 5) is 12.6. The van der Waals surface area contributed by atoms with Gasteiger partial charge in [0.2, 0.25) is 5.91 Å². The molecule has 2 aliphatic rings. The Morgan fingerprint density at radius 1 is 1.40 bits per heavy atom. The zero-order valence-corrected chi connectivity index (χ0v) is 15.5. The standard InChI is InChI=1S/C19H27ClN2O3/c1-24-17-5-3-14(20)11-16(17)19(6-8-25-9-7-19)12-22-18(23)13-2-4-15(21)10-13/h3,5,11,13,15H,2,4,6-10,12,21H2,1H3,(H,22,23)/t13-,15+/m0/s1. The minimum atomic E-state index is -0.217. The molecule has 138 valence electrons. The lowest BCUT2D eigenvalue weighted by atomic mass is 9.73. The summed E-state index contributed by atoms with van der Waals surface area (Å²) in [5.74, 6) is 0.955. The Morgan fingerprint density at radius 2 is 2.16 bits per heavy atom. The molecule has 1 heterocycles. The highest BCUT2D eigenvalue weighted by molar-refractivity contribution is 6.30. The van der Waals surface area contributed by atoms with Crippen LogP contribution < -0.4 is 15.8 Å². The molecule has 2 atom stereocenters. The number of nitrogens with two attached hydrogens (primary N) is 1. The first-order chi connectivity index (χ1) is 12.0. The van der Waals surface area contributed by atoms with Crippen LogP contribution in [-0.4, -0.2) is 38.8 Å². The topological polar surface area (TPSA) is 73.6 Å². The molecular weight excluding hydrogens is 340 g/mol. The maximum absolute atomic E-state index is 12.6. The maximum atomic E-state index is 12.6. The van der Waals surface area contributed by atoms with E-state index in [1.165, 1.54) is 0 Å². The van der Waals surface area contributed by atoms with Gasteiger partial charge in [0, 0.05) is 47.7 Å². The summed E-state index contributed by atoms with van der Waals surface area (Å²) in [6, 6.07) is 5.84. The Morgan fingerprint density at radius 3 is 2.80 bits per heavy atom. The van der Waals surface area contributed by atoms with E-state index in [1.54, 1.807) is 7.11 Å². The van der Waals surface area contributed by atoms with Crippen molar-refractivity contribution in [1.29, 1.82) is 0 Å². The zero-order chi connectivity index (χ0) is 17.9. The first kappa shape index (κ1) is 18.5. The van der Waals surface area contributed by atoms with E-state index in [0.717, 1.165) is 43.4 Å². The molecule has 0 aromatic heterocycles. The molecule has 3 rings (SSSR count). The fourth-order valence-electron chi connectivity index (χ4n) is 4.05. The third kappa shape index (κ3) is 4.10. The van der Waals surface area contributed by atoms with Gasteiger partial charge in [0.05, 0.1) is 7.11 Å². The fourth-order valence-corrected chi connectivity index (χ4v) is 4.23. The van der Waals surface area contributed by atoms with E-state index in [1.807, 2.05) is 18.2 Å². The SMILES string of the molecule is COc1ccc(Cl)cc1C1(CNC(=O)[C@H]2CC[C@@H](N)C2)CCOCC1. The molecule has 0 radical (unpaired) electrons. The van der Waals surface area contributed by atoms with Crippen LogP contribution in [0.2, 0.25) is 5.02 Å². The Labute approximate surface area is 154 Å². The van der Waals surface area contributed by atoms with E-state index in [9.17, 15) is 4.79 Å². The molecule has 6 heteroatoms. The number of benzene rings is 1. The summed E-state index contributed by atoms with van der Waals surface area (Å²) in [6.07, 6.45) is 4.24. The lowest BCUT2D eigenvalue weighted by Crippen LogP contribution is -2.46. The molecule has 1 amide bonds. The molecule has 5 nitrogen and oxygen atoms in total. The van der Waals surface area contributed by atoms with Gasteiger partial charge in [0.1, 0.15) is 5.75 Å². The minimum absolute atomic E-state index is 0.0353. The van der Waals surface area contributed by atoms with Gasteiger partial charge in [-0.25, -0.2) is 0 Å². The number of hydrogen-bond acceptors (Lipinski definition) is 4. The predicted octanol–water partition coefficient (Wildman–Crippen LogP) is 2.64. The lowest BCUT2D eigenvalue weighted by Gasteiger charge is -2.39. The Hall–Kier alpha value is -1.30. The summed E-state index contributed by atoms with van der Waals surface area (Å²) < 4.78 is 11.1. The molecule has 2 fully saturated rings. The van der Waals surface area contributed by atoms with Gasteiger partial charge in [-0.15, -0.1) is 0 Å². The molecular formula is C19H27ClN2O3.